The number of alkyl halides is 6. The average Bonchev–Trinajstić information content (AvgIpc) is 3.03. The largest absolute Gasteiger partial charge is 1.00 e. The van der Waals surface area contributed by atoms with Gasteiger partial charge in [0.15, 0.2) is 0 Å². The molecular weight excluding hydrogens is 701 g/mol. The molecule has 4 heterocycles. The van der Waals surface area contributed by atoms with E-state index in [1.807, 2.05) is 30.3 Å². The van der Waals surface area contributed by atoms with Crippen molar-refractivity contribution in [3.05, 3.63) is 105 Å². The van der Waals surface area contributed by atoms with E-state index < -0.39 is 28.9 Å². The Hall–Kier alpha value is -2.50. The number of likely N-dealkylation sites (tertiary alicyclic amines) is 1. The van der Waals surface area contributed by atoms with E-state index in [1.165, 1.54) is 10.5 Å². The third kappa shape index (κ3) is 6.80. The number of rotatable bonds is 6. The van der Waals surface area contributed by atoms with Crippen LogP contribution in [0.1, 0.15) is 66.8 Å². The summed E-state index contributed by atoms with van der Waals surface area (Å²) < 4.78 is 83.1. The van der Waals surface area contributed by atoms with Crippen LogP contribution in [0.25, 0.3) is 0 Å². The average molecular weight is 738 g/mol. The highest BCUT2D eigenvalue weighted by molar-refractivity contribution is 6.42. The Kier molecular flexibility index (Phi) is 10.9. The van der Waals surface area contributed by atoms with E-state index >= 15 is 0 Å². The van der Waals surface area contributed by atoms with Crippen molar-refractivity contribution < 1.29 is 53.5 Å². The Balaban J connectivity index is 0.00000260. The van der Waals surface area contributed by atoms with Crippen LogP contribution in [-0.2, 0) is 34.5 Å². The molecule has 3 aromatic rings. The van der Waals surface area contributed by atoms with Crippen LogP contribution >= 0.6 is 23.2 Å². The molecule has 2 N–H and O–H groups in total. The van der Waals surface area contributed by atoms with Gasteiger partial charge < -0.3 is 27.3 Å². The molecule has 0 aliphatic carbocycles. The van der Waals surface area contributed by atoms with E-state index in [0.29, 0.717) is 28.6 Å². The first-order valence-corrected chi connectivity index (χ1v) is 16.3. The van der Waals surface area contributed by atoms with Gasteiger partial charge in [0.05, 0.1) is 46.2 Å². The maximum absolute atomic E-state index is 13.7. The number of carbonyl (C=O) groups excluding carboxylic acids is 1. The summed E-state index contributed by atoms with van der Waals surface area (Å²) >= 11 is 12.9. The van der Waals surface area contributed by atoms with Gasteiger partial charge in [0.25, 0.3) is 0 Å². The van der Waals surface area contributed by atoms with Crippen LogP contribution in [0.3, 0.4) is 0 Å². The lowest BCUT2D eigenvalue weighted by Crippen LogP contribution is -3.00. The maximum atomic E-state index is 13.7. The zero-order chi connectivity index (χ0) is 33.1. The first-order chi connectivity index (χ1) is 21.6. The number of benzene rings is 3. The molecule has 1 amide bonds. The maximum Gasteiger partial charge on any atom is 0.416 e. The number of likely N-dealkylation sites (N-methyl/N-ethyl adjacent to an activating group) is 1. The SMILES string of the molecule is CC[N+]12CCC(c3ccccc3)(CC1)CC2C1(c2ccc(Cl)c(Cl)c2)CCC(=O)N(Cc2cc(C(F)(F)F)cc(C(F)(F)F)c2)C1.O.[Cl-]. The second kappa shape index (κ2) is 13.7. The summed E-state index contributed by atoms with van der Waals surface area (Å²) in [5.74, 6) is -0.307. The number of quaternary nitrogens is 1. The molecule has 0 saturated carbocycles. The zero-order valence-electron chi connectivity index (χ0n) is 26.2. The van der Waals surface area contributed by atoms with Gasteiger partial charge in [-0.15, -0.1) is 0 Å². The van der Waals surface area contributed by atoms with E-state index in [1.54, 1.807) is 6.07 Å². The predicted octanol–water partition coefficient (Wildman–Crippen LogP) is 5.61. The smallest absolute Gasteiger partial charge is 0.416 e. The fraction of sp³-hybridized carbons (Fsp3) is 0.457. The molecule has 4 nitrogen and oxygen atoms in total. The molecule has 3 aromatic carbocycles. The highest BCUT2D eigenvalue weighted by Gasteiger charge is 2.63. The molecule has 4 aliphatic heterocycles. The Morgan fingerprint density at radius 3 is 1.98 bits per heavy atom. The standard InChI is InChI=1S/C35H35Cl2F6N2O.ClH.H2O/c1-2-45-14-12-32(13-15-45,24-6-4-3-5-7-24)20-30(45)33(25-8-9-28(36)29(37)19-25)11-10-31(46)44(22-33)21-23-16-26(34(38,39)40)18-27(17-23)35(41,42)43;;/h3-9,16-19,30H,2,10-15,20-22H2,1H3;1H;1H2/q+1;;/p-1. The highest BCUT2D eigenvalue weighted by atomic mass is 35.5. The van der Waals surface area contributed by atoms with Gasteiger partial charge in [0.2, 0.25) is 5.91 Å². The first kappa shape index (κ1) is 38.3. The molecule has 13 heteroatoms. The summed E-state index contributed by atoms with van der Waals surface area (Å²) in [5, 5.41) is 0.727. The van der Waals surface area contributed by atoms with E-state index in [9.17, 15) is 31.1 Å². The second-order valence-corrected chi connectivity index (χ2v) is 14.1. The van der Waals surface area contributed by atoms with Crippen molar-refractivity contribution in [1.29, 1.82) is 0 Å². The van der Waals surface area contributed by atoms with Crippen molar-refractivity contribution in [2.45, 2.75) is 74.8 Å². The molecule has 0 radical (unpaired) electrons. The van der Waals surface area contributed by atoms with Crippen molar-refractivity contribution >= 4 is 29.1 Å². The first-order valence-electron chi connectivity index (χ1n) is 15.5. The number of carbonyl (C=O) groups is 1. The van der Waals surface area contributed by atoms with Gasteiger partial charge >= 0.3 is 12.4 Å². The van der Waals surface area contributed by atoms with E-state index in [4.69, 9.17) is 23.2 Å². The van der Waals surface area contributed by atoms with Crippen LogP contribution in [0.2, 0.25) is 10.0 Å². The predicted molar refractivity (Wildman–Crippen MR) is 169 cm³/mol. The Labute approximate surface area is 292 Å². The van der Waals surface area contributed by atoms with E-state index in [2.05, 4.69) is 19.1 Å². The molecule has 0 spiro atoms. The van der Waals surface area contributed by atoms with Crippen molar-refractivity contribution in [3.8, 4) is 0 Å². The van der Waals surface area contributed by atoms with Crippen molar-refractivity contribution in [1.82, 2.24) is 4.90 Å². The number of piperidine rings is 4. The minimum Gasteiger partial charge on any atom is -1.00 e. The van der Waals surface area contributed by atoms with Crippen LogP contribution in [0.5, 0.6) is 0 Å². The third-order valence-electron chi connectivity index (χ3n) is 11.1. The molecule has 4 saturated heterocycles. The molecule has 4 fully saturated rings. The lowest BCUT2D eigenvalue weighted by molar-refractivity contribution is -0.970. The summed E-state index contributed by atoms with van der Waals surface area (Å²) in [6, 6.07) is 17.5. The van der Waals surface area contributed by atoms with Crippen molar-refractivity contribution in [2.75, 3.05) is 26.2 Å². The van der Waals surface area contributed by atoms with Gasteiger partial charge in [-0.1, -0.05) is 59.6 Å². The molecule has 262 valence electrons. The van der Waals surface area contributed by atoms with Crippen LogP contribution in [-0.4, -0.2) is 53.0 Å². The Morgan fingerprint density at radius 2 is 1.44 bits per heavy atom. The number of amides is 1. The molecule has 2 unspecified atom stereocenters. The van der Waals surface area contributed by atoms with Gasteiger partial charge in [-0.05, 0) is 60.4 Å². The van der Waals surface area contributed by atoms with Gasteiger partial charge in [-0.2, -0.15) is 26.3 Å². The Morgan fingerprint density at radius 1 is 0.833 bits per heavy atom. The van der Waals surface area contributed by atoms with Gasteiger partial charge in [0, 0.05) is 44.2 Å². The van der Waals surface area contributed by atoms with Crippen molar-refractivity contribution in [3.63, 3.8) is 0 Å². The van der Waals surface area contributed by atoms with Crippen LogP contribution in [0.4, 0.5) is 26.3 Å². The van der Waals surface area contributed by atoms with Crippen LogP contribution in [0.15, 0.2) is 66.7 Å². The minimum atomic E-state index is -4.98. The molecule has 4 aliphatic rings. The fourth-order valence-corrected chi connectivity index (χ4v) is 8.92. The van der Waals surface area contributed by atoms with Gasteiger partial charge in [-0.25, -0.2) is 0 Å². The Bertz CT molecular complexity index is 1590. The number of fused-ring (bicyclic) bond motifs is 3. The minimum absolute atomic E-state index is 0. The monoisotopic (exact) mass is 736 g/mol. The number of halogens is 9. The molecular formula is C35H37Cl3F6N2O2. The topological polar surface area (TPSA) is 51.8 Å². The van der Waals surface area contributed by atoms with Gasteiger partial charge in [0.1, 0.15) is 6.04 Å². The molecule has 48 heavy (non-hydrogen) atoms. The van der Waals surface area contributed by atoms with Crippen molar-refractivity contribution in [2.24, 2.45) is 0 Å². The number of nitrogens with zero attached hydrogens (tertiary/aromatic N) is 2. The quantitative estimate of drug-likeness (QED) is 0.240. The lowest BCUT2D eigenvalue weighted by atomic mass is 9.55. The van der Waals surface area contributed by atoms with E-state index in [0.717, 1.165) is 48.9 Å². The van der Waals surface area contributed by atoms with Crippen LogP contribution in [0, 0.1) is 0 Å². The molecule has 7 rings (SSSR count). The molecule has 0 aromatic heterocycles. The zero-order valence-corrected chi connectivity index (χ0v) is 28.5. The molecule has 2 atom stereocenters. The number of hydrogen-bond donors (Lipinski definition) is 0. The summed E-state index contributed by atoms with van der Waals surface area (Å²) in [6.45, 7) is 4.64. The lowest BCUT2D eigenvalue weighted by Gasteiger charge is -2.64. The van der Waals surface area contributed by atoms with Crippen LogP contribution < -0.4 is 12.4 Å². The fourth-order valence-electron chi connectivity index (χ4n) is 8.62. The van der Waals surface area contributed by atoms with E-state index in [-0.39, 0.29) is 66.4 Å². The summed E-state index contributed by atoms with van der Waals surface area (Å²) in [5.41, 5.74) is -1.61. The third-order valence-corrected chi connectivity index (χ3v) is 11.8. The summed E-state index contributed by atoms with van der Waals surface area (Å²) in [4.78, 5) is 15.0. The second-order valence-electron chi connectivity index (χ2n) is 13.3. The highest BCUT2D eigenvalue weighted by Crippen LogP contribution is 2.56. The number of hydrogen-bond acceptors (Lipinski definition) is 1. The normalized spacial score (nSPS) is 27.3. The summed E-state index contributed by atoms with van der Waals surface area (Å²) in [7, 11) is 0. The summed E-state index contributed by atoms with van der Waals surface area (Å²) in [6.07, 6.45) is -6.55. The van der Waals surface area contributed by atoms with Gasteiger partial charge in [-0.3, -0.25) is 4.79 Å². The molecule has 2 bridgehead atoms.